The Balaban J connectivity index is 1.16. The smallest absolute Gasteiger partial charge is 0.167 e. The molecule has 3 aromatic heterocycles. The maximum atomic E-state index is 14.2. The lowest BCUT2D eigenvalue weighted by Gasteiger charge is -2.40. The monoisotopic (exact) mass is 471 g/mol. The summed E-state index contributed by atoms with van der Waals surface area (Å²) < 4.78 is 21.2. The van der Waals surface area contributed by atoms with Gasteiger partial charge in [-0.05, 0) is 30.5 Å². The van der Waals surface area contributed by atoms with Crippen molar-refractivity contribution in [3.8, 4) is 16.9 Å². The van der Waals surface area contributed by atoms with Crippen molar-refractivity contribution in [1.29, 1.82) is 0 Å². The predicted molar refractivity (Wildman–Crippen MR) is 132 cm³/mol. The average molecular weight is 472 g/mol. The number of nitrogens with one attached hydrogen (secondary N) is 1. The van der Waals surface area contributed by atoms with Crippen LogP contribution in [0.5, 0.6) is 5.75 Å². The van der Waals surface area contributed by atoms with Crippen molar-refractivity contribution in [2.45, 2.75) is 31.3 Å². The minimum atomic E-state index is -0.429. The summed E-state index contributed by atoms with van der Waals surface area (Å²) in [5.41, 5.74) is 5.65. The number of hydrogen-bond acceptors (Lipinski definition) is 7. The number of pyridine rings is 1. The summed E-state index contributed by atoms with van der Waals surface area (Å²) in [5, 5.41) is 8.85. The van der Waals surface area contributed by atoms with Crippen molar-refractivity contribution in [2.75, 3.05) is 31.6 Å². The van der Waals surface area contributed by atoms with Gasteiger partial charge in [-0.15, -0.1) is 0 Å². The lowest BCUT2D eigenvalue weighted by atomic mass is 10.0. The van der Waals surface area contributed by atoms with Crippen LogP contribution in [0, 0.1) is 5.82 Å². The van der Waals surface area contributed by atoms with Gasteiger partial charge in [-0.3, -0.25) is 4.98 Å². The van der Waals surface area contributed by atoms with Gasteiger partial charge in [0.15, 0.2) is 17.2 Å². The van der Waals surface area contributed by atoms with Crippen molar-refractivity contribution < 1.29 is 9.13 Å². The fraction of sp³-hybridized carbons (Fsp3) is 0.346. The first-order valence-electron chi connectivity index (χ1n) is 12.1. The number of fused-ring (bicyclic) bond motifs is 4. The van der Waals surface area contributed by atoms with Crippen LogP contribution in [0.25, 0.3) is 27.7 Å². The minimum absolute atomic E-state index is 0.191. The van der Waals surface area contributed by atoms with Gasteiger partial charge < -0.3 is 19.9 Å². The molecule has 4 aromatic rings. The topological polar surface area (TPSA) is 70.8 Å². The molecule has 9 heteroatoms. The summed E-state index contributed by atoms with van der Waals surface area (Å²) in [6, 6.07) is 6.24. The number of hydrogen-bond donors (Lipinski definition) is 1. The summed E-state index contributed by atoms with van der Waals surface area (Å²) in [6.07, 6.45) is 13.2. The standard InChI is InChI=1S/C26H26FN7O/c1-35-25-9-21-20(2-5-28-24(21)10-23(25)27)22-13-31-34-15-19(12-30-26(22)34)32-6-3-17(4-7-32)33-14-16-8-18(33)11-29-16/h2,5,9-13,15-17,29H,3-4,6-8,14H2,1H3. The van der Waals surface area contributed by atoms with E-state index in [0.717, 1.165) is 60.3 Å². The third-order valence-corrected chi connectivity index (χ3v) is 7.65. The molecule has 8 nitrogen and oxygen atoms in total. The van der Waals surface area contributed by atoms with Gasteiger partial charge in [-0.25, -0.2) is 13.9 Å². The maximum Gasteiger partial charge on any atom is 0.167 e. The number of methoxy groups -OCH3 is 1. The number of rotatable bonds is 4. The van der Waals surface area contributed by atoms with Crippen molar-refractivity contribution in [3.05, 3.63) is 60.7 Å². The van der Waals surface area contributed by atoms with Crippen molar-refractivity contribution in [1.82, 2.24) is 29.8 Å². The fourth-order valence-corrected chi connectivity index (χ4v) is 5.83. The van der Waals surface area contributed by atoms with E-state index in [2.05, 4.69) is 37.6 Å². The van der Waals surface area contributed by atoms with Gasteiger partial charge in [0.05, 0.1) is 36.9 Å². The normalized spacial score (nSPS) is 20.1. The fourth-order valence-electron chi connectivity index (χ4n) is 5.83. The molecule has 3 aliphatic rings. The average Bonchev–Trinajstić information content (AvgIpc) is 3.64. The lowest BCUT2D eigenvalue weighted by molar-refractivity contribution is 0.228. The maximum absolute atomic E-state index is 14.2. The number of halogens is 1. The van der Waals surface area contributed by atoms with E-state index in [-0.39, 0.29) is 5.75 Å². The van der Waals surface area contributed by atoms with Crippen LogP contribution in [-0.2, 0) is 0 Å². The second kappa shape index (κ2) is 7.83. The van der Waals surface area contributed by atoms with E-state index in [9.17, 15) is 4.39 Å². The van der Waals surface area contributed by atoms with Crippen LogP contribution in [0.2, 0.25) is 0 Å². The zero-order valence-corrected chi connectivity index (χ0v) is 19.5. The number of anilines is 1. The largest absolute Gasteiger partial charge is 0.494 e. The molecule has 0 spiro atoms. The van der Waals surface area contributed by atoms with E-state index in [0.29, 0.717) is 17.6 Å². The van der Waals surface area contributed by atoms with Gasteiger partial charge in [-0.2, -0.15) is 5.10 Å². The van der Waals surface area contributed by atoms with Gasteiger partial charge in [0, 0.05) is 73.2 Å². The molecule has 1 N–H and O–H groups in total. The van der Waals surface area contributed by atoms with E-state index >= 15 is 0 Å². The Kier molecular flexibility index (Phi) is 4.58. The zero-order valence-electron chi connectivity index (χ0n) is 19.5. The summed E-state index contributed by atoms with van der Waals surface area (Å²) in [7, 11) is 1.46. The Labute approximate surface area is 202 Å². The van der Waals surface area contributed by atoms with Crippen molar-refractivity contribution in [2.24, 2.45) is 0 Å². The molecular formula is C26H26FN7O. The summed E-state index contributed by atoms with van der Waals surface area (Å²) in [4.78, 5) is 14.1. The first-order chi connectivity index (χ1) is 17.2. The Morgan fingerprint density at radius 2 is 2.00 bits per heavy atom. The van der Waals surface area contributed by atoms with Crippen LogP contribution in [-0.4, -0.2) is 63.3 Å². The Morgan fingerprint density at radius 3 is 2.77 bits per heavy atom. The first kappa shape index (κ1) is 20.5. The van der Waals surface area contributed by atoms with Crippen LogP contribution < -0.4 is 15.0 Å². The minimum Gasteiger partial charge on any atom is -0.494 e. The molecule has 2 fully saturated rings. The number of aromatic nitrogens is 4. The highest BCUT2D eigenvalue weighted by Gasteiger charge is 2.36. The molecule has 178 valence electrons. The van der Waals surface area contributed by atoms with Gasteiger partial charge in [0.1, 0.15) is 0 Å². The lowest BCUT2D eigenvalue weighted by Crippen LogP contribution is -2.46. The van der Waals surface area contributed by atoms with Crippen LogP contribution in [0.3, 0.4) is 0 Å². The molecule has 0 amide bonds. The van der Waals surface area contributed by atoms with Gasteiger partial charge in [0.25, 0.3) is 0 Å². The van der Waals surface area contributed by atoms with Crippen LogP contribution in [0.15, 0.2) is 54.9 Å². The van der Waals surface area contributed by atoms with E-state index in [4.69, 9.17) is 9.72 Å². The number of benzene rings is 1. The molecular weight excluding hydrogens is 445 g/mol. The van der Waals surface area contributed by atoms with Crippen LogP contribution in [0.1, 0.15) is 19.3 Å². The van der Waals surface area contributed by atoms with Crippen molar-refractivity contribution in [3.63, 3.8) is 0 Å². The number of likely N-dealkylation sites (tertiary alicyclic amines) is 1. The molecule has 2 saturated heterocycles. The number of piperidine rings is 1. The second-order valence-corrected chi connectivity index (χ2v) is 9.57. The Morgan fingerprint density at radius 1 is 1.11 bits per heavy atom. The molecule has 7 rings (SSSR count). The molecule has 1 aromatic carbocycles. The molecule has 1 unspecified atom stereocenters. The highest BCUT2D eigenvalue weighted by Crippen LogP contribution is 2.35. The molecule has 1 atom stereocenters. The molecule has 6 heterocycles. The zero-order chi connectivity index (χ0) is 23.5. The number of nitrogens with zero attached hydrogens (tertiary/aromatic N) is 6. The Bertz CT molecular complexity index is 1470. The molecule has 0 aliphatic carbocycles. The van der Waals surface area contributed by atoms with Gasteiger partial charge in [0.2, 0.25) is 0 Å². The highest BCUT2D eigenvalue weighted by atomic mass is 19.1. The van der Waals surface area contributed by atoms with E-state index in [1.165, 1.54) is 25.3 Å². The van der Waals surface area contributed by atoms with E-state index in [1.807, 2.05) is 23.0 Å². The van der Waals surface area contributed by atoms with Gasteiger partial charge >= 0.3 is 0 Å². The number of ether oxygens (including phenoxy) is 1. The first-order valence-corrected chi connectivity index (χ1v) is 12.1. The molecule has 0 radical (unpaired) electrons. The Hall–Kier alpha value is -3.88. The molecule has 35 heavy (non-hydrogen) atoms. The summed E-state index contributed by atoms with van der Waals surface area (Å²) in [6.45, 7) is 3.16. The predicted octanol–water partition coefficient (Wildman–Crippen LogP) is 3.58. The summed E-state index contributed by atoms with van der Waals surface area (Å²) >= 11 is 0. The third-order valence-electron chi connectivity index (χ3n) is 7.65. The molecule has 0 saturated carbocycles. The van der Waals surface area contributed by atoms with Crippen molar-refractivity contribution >= 4 is 22.2 Å². The quantitative estimate of drug-likeness (QED) is 0.488. The van der Waals surface area contributed by atoms with E-state index in [1.54, 1.807) is 12.3 Å². The van der Waals surface area contributed by atoms with Crippen LogP contribution >= 0.6 is 0 Å². The molecule has 2 bridgehead atoms. The SMILES string of the molecule is COc1cc2c(-c3cnn4cc(N5CCC(N6CC7CC6=CN7)CC5)cnc34)ccnc2cc1F. The van der Waals surface area contributed by atoms with E-state index < -0.39 is 5.82 Å². The third kappa shape index (κ3) is 3.29. The molecule has 3 aliphatic heterocycles. The second-order valence-electron chi connectivity index (χ2n) is 9.57. The van der Waals surface area contributed by atoms with Gasteiger partial charge in [-0.1, -0.05) is 0 Å². The highest BCUT2D eigenvalue weighted by molar-refractivity contribution is 5.98. The summed E-state index contributed by atoms with van der Waals surface area (Å²) in [5.74, 6) is -0.238. The van der Waals surface area contributed by atoms with Crippen LogP contribution in [0.4, 0.5) is 10.1 Å².